The monoisotopic (exact) mass is 582 g/mol. The minimum absolute atomic E-state index is 0. The van der Waals surface area contributed by atoms with Crippen molar-refractivity contribution >= 4 is 28.8 Å². The van der Waals surface area contributed by atoms with E-state index in [4.69, 9.17) is 10.7 Å². The Morgan fingerprint density at radius 3 is 2.37 bits per heavy atom. The van der Waals surface area contributed by atoms with Crippen LogP contribution in [0.2, 0.25) is 0 Å². The molecular formula is C31H48ILiN2-2. The first-order valence-electron chi connectivity index (χ1n) is 14.3. The van der Waals surface area contributed by atoms with Gasteiger partial charge in [0.05, 0.1) is 0 Å². The first-order chi connectivity index (χ1) is 16.4. The molecule has 192 valence electrons. The van der Waals surface area contributed by atoms with Gasteiger partial charge in [-0.05, 0) is 92.8 Å². The number of halogens is 1. The van der Waals surface area contributed by atoms with E-state index in [1.807, 2.05) is 0 Å². The van der Waals surface area contributed by atoms with Crippen LogP contribution in [0.1, 0.15) is 118 Å². The van der Waals surface area contributed by atoms with Gasteiger partial charge in [-0.1, -0.05) is 64.4 Å². The Hall–Kier alpha value is 0.227. The maximum Gasteiger partial charge on any atom is 1.00 e. The van der Waals surface area contributed by atoms with E-state index in [9.17, 15) is 0 Å². The Morgan fingerprint density at radius 1 is 1.06 bits per heavy atom. The standard InChI is InChI=1S/C27H47.C4HIN2.Li/c1-5-8-16-27(15-6-2)18-14-22-20(19-27)9-11-24-23(22)13-17-26(4)21(7-3)10-12-25(24)26;5-1-4(2-6)3-7;/h7,20-25H,5-6,8-19H2,1-4H3;2H;/q-1;-2;+1/t20-,21+,22+,23-,24-,25+,26-,27+;;/m1../s1. The molecule has 8 atom stereocenters. The molecule has 0 N–H and O–H groups in total. The average Bonchev–Trinajstić information content (AvgIpc) is 3.20. The van der Waals surface area contributed by atoms with E-state index in [0.717, 1.165) is 40.9 Å². The molecule has 0 spiro atoms. The maximum atomic E-state index is 8.07. The predicted molar refractivity (Wildman–Crippen MR) is 153 cm³/mol. The van der Waals surface area contributed by atoms with Crippen LogP contribution in [0.25, 0.3) is 5.41 Å². The van der Waals surface area contributed by atoms with Crippen molar-refractivity contribution in [1.82, 2.24) is 0 Å². The number of rotatable bonds is 7. The number of unbranched alkanes of at least 4 members (excludes halogenated alkanes) is 1. The summed E-state index contributed by atoms with van der Waals surface area (Å²) in [6, 6.07) is 1.69. The zero-order chi connectivity index (χ0) is 24.8. The quantitative estimate of drug-likeness (QED) is 0.108. The van der Waals surface area contributed by atoms with E-state index < -0.39 is 0 Å². The van der Waals surface area contributed by atoms with Gasteiger partial charge in [0, 0.05) is 0 Å². The molecule has 4 fully saturated rings. The van der Waals surface area contributed by atoms with Crippen LogP contribution in [-0.4, -0.2) is 6.21 Å². The number of allylic oxidation sites excluding steroid dienone is 1. The van der Waals surface area contributed by atoms with E-state index in [1.54, 1.807) is 73.6 Å². The second-order valence-corrected chi connectivity index (χ2v) is 12.9. The van der Waals surface area contributed by atoms with E-state index in [-0.39, 0.29) is 24.4 Å². The van der Waals surface area contributed by atoms with Crippen LogP contribution in [0.5, 0.6) is 0 Å². The maximum absolute atomic E-state index is 8.07. The van der Waals surface area contributed by atoms with Gasteiger partial charge < -0.3 is 18.0 Å². The molecular weight excluding hydrogens is 534 g/mol. The van der Waals surface area contributed by atoms with Gasteiger partial charge in [-0.15, -0.1) is 32.2 Å². The van der Waals surface area contributed by atoms with Crippen LogP contribution in [0.15, 0.2) is 5.57 Å². The van der Waals surface area contributed by atoms with E-state index in [0.29, 0.717) is 11.6 Å². The largest absolute Gasteiger partial charge is 1.00 e. The first kappa shape index (κ1) is 31.4. The molecule has 0 aliphatic heterocycles. The molecule has 0 amide bonds. The van der Waals surface area contributed by atoms with Crippen molar-refractivity contribution in [2.45, 2.75) is 118 Å². The van der Waals surface area contributed by atoms with E-state index in [1.165, 1.54) is 44.9 Å². The third kappa shape index (κ3) is 6.81. The number of hydrogen-bond donors (Lipinski definition) is 0. The van der Waals surface area contributed by atoms with Gasteiger partial charge in [-0.2, -0.15) is 12.8 Å². The van der Waals surface area contributed by atoms with Crippen molar-refractivity contribution in [3.8, 4) is 6.07 Å². The van der Waals surface area contributed by atoms with Gasteiger partial charge in [0.1, 0.15) is 0 Å². The van der Waals surface area contributed by atoms with Crippen LogP contribution >= 0.6 is 22.6 Å². The summed E-state index contributed by atoms with van der Waals surface area (Å²) in [6.45, 7) is 9.83. The van der Waals surface area contributed by atoms with E-state index in [2.05, 4.69) is 38.2 Å². The Kier molecular flexibility index (Phi) is 12.9. The molecule has 0 aromatic heterocycles. The number of hydrogen-bond acceptors (Lipinski definition) is 1. The Bertz CT molecular complexity index is 745. The van der Waals surface area contributed by atoms with Gasteiger partial charge in [-0.25, -0.2) is 0 Å². The van der Waals surface area contributed by atoms with Crippen LogP contribution in [0.4, 0.5) is 0 Å². The van der Waals surface area contributed by atoms with Crippen LogP contribution in [0.3, 0.4) is 0 Å². The first-order valence-corrected chi connectivity index (χ1v) is 15.4. The molecule has 0 aromatic rings. The van der Waals surface area contributed by atoms with Gasteiger partial charge in [0.15, 0.2) is 0 Å². The number of nitrogens with zero attached hydrogens (tertiary/aromatic N) is 2. The van der Waals surface area contributed by atoms with Crippen molar-refractivity contribution in [2.24, 2.45) is 46.3 Å². The smallest absolute Gasteiger partial charge is 0.878 e. The second-order valence-electron chi connectivity index (χ2n) is 12.3. The molecule has 0 bridgehead atoms. The summed E-state index contributed by atoms with van der Waals surface area (Å²) in [5, 5.41) is 16.1. The fourth-order valence-electron chi connectivity index (χ4n) is 9.39. The summed E-state index contributed by atoms with van der Waals surface area (Å²) in [5.74, 6) is 6.35. The summed E-state index contributed by atoms with van der Waals surface area (Å²) in [5.41, 5.74) is 1.54. The van der Waals surface area contributed by atoms with Gasteiger partial charge in [0.2, 0.25) is 0 Å². The fraction of sp³-hybridized carbons (Fsp3) is 0.839. The summed E-state index contributed by atoms with van der Waals surface area (Å²) in [4.78, 5) is 0. The second kappa shape index (κ2) is 14.4. The molecule has 0 radical (unpaired) electrons. The summed E-state index contributed by atoms with van der Waals surface area (Å²) in [6.07, 6.45) is 24.6. The Labute approximate surface area is 243 Å². The molecule has 0 aromatic carbocycles. The molecule has 0 heterocycles. The molecule has 2 nitrogen and oxygen atoms in total. The third-order valence-corrected chi connectivity index (χ3v) is 11.5. The predicted octanol–water partition coefficient (Wildman–Crippen LogP) is 6.73. The summed E-state index contributed by atoms with van der Waals surface area (Å²) < 4.78 is 2.42. The van der Waals surface area contributed by atoms with Crippen LogP contribution in [-0.2, 0) is 0 Å². The third-order valence-electron chi connectivity index (χ3n) is 10.9. The van der Waals surface area contributed by atoms with Crippen LogP contribution < -0.4 is 18.9 Å². The molecule has 4 aliphatic carbocycles. The molecule has 4 rings (SSSR count). The van der Waals surface area contributed by atoms with Gasteiger partial charge >= 0.3 is 18.9 Å². The molecule has 4 saturated carbocycles. The van der Waals surface area contributed by atoms with Crippen molar-refractivity contribution in [3.05, 3.63) is 21.5 Å². The number of nitriles is 1. The topological polar surface area (TPSA) is 46.1 Å². The normalized spacial score (nSPS) is 40.1. The van der Waals surface area contributed by atoms with Crippen LogP contribution in [0, 0.1) is 68.2 Å². The minimum Gasteiger partial charge on any atom is -0.878 e. The molecule has 0 saturated heterocycles. The van der Waals surface area contributed by atoms with Crippen molar-refractivity contribution < 1.29 is 18.9 Å². The van der Waals surface area contributed by atoms with Gasteiger partial charge in [0.25, 0.3) is 0 Å². The van der Waals surface area contributed by atoms with Crippen molar-refractivity contribution in [3.63, 3.8) is 0 Å². The van der Waals surface area contributed by atoms with Gasteiger partial charge in [-0.3, -0.25) is 5.26 Å². The SMILES string of the molecule is C[CH-][C@H]1CC[C@H]2[C@@H]3CC[C@@H]4C[C@@](CCC)(CCCC)CC[C@@H]4[C@H]3CC[C@]12C.N#CC(=[C-]I)C=[N-].[Li+]. The molecule has 4 heteroatoms. The average molecular weight is 583 g/mol. The summed E-state index contributed by atoms with van der Waals surface area (Å²) in [7, 11) is 0. The zero-order valence-electron chi connectivity index (χ0n) is 23.3. The van der Waals surface area contributed by atoms with E-state index >= 15 is 0 Å². The summed E-state index contributed by atoms with van der Waals surface area (Å²) >= 11 is 1.75. The Morgan fingerprint density at radius 2 is 1.80 bits per heavy atom. The fourth-order valence-corrected chi connectivity index (χ4v) is 9.65. The molecule has 0 unspecified atom stereocenters. The van der Waals surface area contributed by atoms with Crippen molar-refractivity contribution in [2.75, 3.05) is 0 Å². The molecule has 4 aliphatic rings. The number of fused-ring (bicyclic) bond motifs is 5. The zero-order valence-corrected chi connectivity index (χ0v) is 25.4. The minimum atomic E-state index is 0. The Balaban J connectivity index is 0.000000476. The van der Waals surface area contributed by atoms with Crippen molar-refractivity contribution in [1.29, 1.82) is 5.26 Å². The molecule has 35 heavy (non-hydrogen) atoms.